The number of piperidine rings is 1. The van der Waals surface area contributed by atoms with Crippen molar-refractivity contribution in [3.63, 3.8) is 0 Å². The number of halogens is 3. The van der Waals surface area contributed by atoms with Crippen LogP contribution in [0.4, 0.5) is 18.9 Å². The molecule has 1 N–H and O–H groups in total. The number of hydrogen-bond acceptors (Lipinski definition) is 3. The van der Waals surface area contributed by atoms with Crippen molar-refractivity contribution in [2.75, 3.05) is 17.8 Å². The molecule has 0 unspecified atom stereocenters. The fourth-order valence-electron chi connectivity index (χ4n) is 3.28. The Hall–Kier alpha value is -2.55. The second-order valence-corrected chi connectivity index (χ2v) is 8.76. The maximum atomic E-state index is 13.0. The first-order valence-corrected chi connectivity index (χ1v) is 10.6. The highest BCUT2D eigenvalue weighted by Gasteiger charge is 2.42. The number of carbonyl (C=O) groups excluding carboxylic acids is 1. The minimum absolute atomic E-state index is 0.00896. The van der Waals surface area contributed by atoms with Crippen LogP contribution in [0, 0.1) is 12.8 Å². The third kappa shape index (κ3) is 4.90. The summed E-state index contributed by atoms with van der Waals surface area (Å²) in [4.78, 5) is 13.7. The average Bonchev–Trinajstić information content (AvgIpc) is 2.68. The first-order chi connectivity index (χ1) is 13.6. The van der Waals surface area contributed by atoms with Crippen molar-refractivity contribution in [2.45, 2.75) is 30.8 Å². The molecule has 1 aliphatic heterocycles. The van der Waals surface area contributed by atoms with Gasteiger partial charge in [-0.3, -0.25) is 9.52 Å². The summed E-state index contributed by atoms with van der Waals surface area (Å²) in [6, 6.07) is 12.1. The number of para-hydroxylation sites is 1. The number of hydrogen-bond donors (Lipinski definition) is 1. The van der Waals surface area contributed by atoms with Gasteiger partial charge in [-0.15, -0.1) is 0 Å². The van der Waals surface area contributed by atoms with Gasteiger partial charge in [-0.2, -0.15) is 13.2 Å². The monoisotopic (exact) mass is 426 g/mol. The highest BCUT2D eigenvalue weighted by atomic mass is 32.2. The molecule has 2 aromatic rings. The van der Waals surface area contributed by atoms with Crippen molar-refractivity contribution in [1.82, 2.24) is 4.90 Å². The molecule has 1 heterocycles. The van der Waals surface area contributed by atoms with Gasteiger partial charge in [-0.25, -0.2) is 8.42 Å². The number of nitrogens with one attached hydrogen (secondary N) is 1. The lowest BCUT2D eigenvalue weighted by Gasteiger charge is -2.33. The quantitative estimate of drug-likeness (QED) is 0.797. The minimum atomic E-state index is -4.34. The van der Waals surface area contributed by atoms with E-state index in [1.165, 1.54) is 29.2 Å². The van der Waals surface area contributed by atoms with Gasteiger partial charge < -0.3 is 4.90 Å². The summed E-state index contributed by atoms with van der Waals surface area (Å²) in [5, 5.41) is 0. The van der Waals surface area contributed by atoms with Gasteiger partial charge in [-0.1, -0.05) is 18.2 Å². The molecule has 0 aromatic heterocycles. The molecule has 1 atom stereocenters. The van der Waals surface area contributed by atoms with Crippen LogP contribution in [0.3, 0.4) is 0 Å². The predicted molar refractivity (Wildman–Crippen MR) is 103 cm³/mol. The Kier molecular flexibility index (Phi) is 5.88. The Bertz CT molecular complexity index is 989. The number of anilines is 1. The molecule has 1 amide bonds. The lowest BCUT2D eigenvalue weighted by Crippen LogP contribution is -2.44. The third-order valence-electron chi connectivity index (χ3n) is 4.97. The van der Waals surface area contributed by atoms with Gasteiger partial charge in [0.15, 0.2) is 0 Å². The Morgan fingerprint density at radius 2 is 1.76 bits per heavy atom. The molecule has 1 fully saturated rings. The number of nitrogens with zero attached hydrogens (tertiary/aromatic N) is 1. The fourth-order valence-corrected chi connectivity index (χ4v) is 4.41. The van der Waals surface area contributed by atoms with Gasteiger partial charge in [0, 0.05) is 18.7 Å². The highest BCUT2D eigenvalue weighted by molar-refractivity contribution is 7.92. The standard InChI is InChI=1S/C20H21F3N2O3S/c1-14-5-2-3-7-18(14)24-29(27,28)17-10-8-15(9-11-17)19(26)25-12-4-6-16(13-25)20(21,22)23/h2-3,5,7-11,16,24H,4,6,12-13H2,1H3/t16-/m1/s1. The molecular weight excluding hydrogens is 405 g/mol. The summed E-state index contributed by atoms with van der Waals surface area (Å²) in [5.74, 6) is -2.06. The molecule has 1 aliphatic rings. The first kappa shape index (κ1) is 21.2. The number of amides is 1. The molecule has 29 heavy (non-hydrogen) atoms. The first-order valence-electron chi connectivity index (χ1n) is 9.12. The van der Waals surface area contributed by atoms with Crippen molar-refractivity contribution in [1.29, 1.82) is 0 Å². The number of rotatable bonds is 4. The summed E-state index contributed by atoms with van der Waals surface area (Å²) in [5.41, 5.74) is 1.36. The normalized spacial score (nSPS) is 17.8. The van der Waals surface area contributed by atoms with Crippen LogP contribution in [0.5, 0.6) is 0 Å². The van der Waals surface area contributed by atoms with Crippen molar-refractivity contribution >= 4 is 21.6 Å². The van der Waals surface area contributed by atoms with Gasteiger partial charge in [0.25, 0.3) is 15.9 Å². The van der Waals surface area contributed by atoms with E-state index in [2.05, 4.69) is 4.72 Å². The highest BCUT2D eigenvalue weighted by Crippen LogP contribution is 2.33. The van der Waals surface area contributed by atoms with Gasteiger partial charge in [0.2, 0.25) is 0 Å². The van der Waals surface area contributed by atoms with Crippen LogP contribution < -0.4 is 4.72 Å². The van der Waals surface area contributed by atoms with E-state index in [1.807, 2.05) is 0 Å². The summed E-state index contributed by atoms with van der Waals surface area (Å²) < 4.78 is 66.5. The molecule has 9 heteroatoms. The number of benzene rings is 2. The van der Waals surface area contributed by atoms with Crippen LogP contribution >= 0.6 is 0 Å². The van der Waals surface area contributed by atoms with Crippen LogP contribution in [0.25, 0.3) is 0 Å². The molecule has 0 aliphatic carbocycles. The van der Waals surface area contributed by atoms with E-state index in [4.69, 9.17) is 0 Å². The summed E-state index contributed by atoms with van der Waals surface area (Å²) in [6.45, 7) is 1.64. The van der Waals surface area contributed by atoms with E-state index in [0.29, 0.717) is 5.69 Å². The number of likely N-dealkylation sites (tertiary alicyclic amines) is 1. The molecule has 3 rings (SSSR count). The van der Waals surface area contributed by atoms with Crippen molar-refractivity contribution in [3.8, 4) is 0 Å². The Labute approximate surface area is 167 Å². The minimum Gasteiger partial charge on any atom is -0.338 e. The lowest BCUT2D eigenvalue weighted by molar-refractivity contribution is -0.184. The van der Waals surface area contributed by atoms with Crippen LogP contribution in [0.1, 0.15) is 28.8 Å². The molecule has 1 saturated heterocycles. The molecule has 0 bridgehead atoms. The SMILES string of the molecule is Cc1ccccc1NS(=O)(=O)c1ccc(C(=O)N2CCC[C@@H](C(F)(F)F)C2)cc1. The third-order valence-corrected chi connectivity index (χ3v) is 6.35. The number of sulfonamides is 1. The van der Waals surface area contributed by atoms with Crippen LogP contribution in [-0.2, 0) is 10.0 Å². The maximum absolute atomic E-state index is 13.0. The number of aryl methyl sites for hydroxylation is 1. The van der Waals surface area contributed by atoms with Crippen LogP contribution in [0.15, 0.2) is 53.4 Å². The molecule has 0 saturated carbocycles. The largest absolute Gasteiger partial charge is 0.393 e. The van der Waals surface area contributed by atoms with Gasteiger partial charge in [0.1, 0.15) is 0 Å². The van der Waals surface area contributed by atoms with E-state index in [0.717, 1.165) is 5.56 Å². The molecule has 0 spiro atoms. The van der Waals surface area contributed by atoms with Crippen LogP contribution in [0.2, 0.25) is 0 Å². The van der Waals surface area contributed by atoms with E-state index in [-0.39, 0.29) is 36.4 Å². The average molecular weight is 426 g/mol. The zero-order chi connectivity index (χ0) is 21.2. The van der Waals surface area contributed by atoms with E-state index in [9.17, 15) is 26.4 Å². The summed E-state index contributed by atoms with van der Waals surface area (Å²) >= 11 is 0. The molecular formula is C20H21F3N2O3S. The topological polar surface area (TPSA) is 66.5 Å². The van der Waals surface area contributed by atoms with Crippen molar-refractivity contribution < 1.29 is 26.4 Å². The Morgan fingerprint density at radius 3 is 2.38 bits per heavy atom. The van der Waals surface area contributed by atoms with Crippen LogP contribution in [-0.4, -0.2) is 38.5 Å². The van der Waals surface area contributed by atoms with Crippen molar-refractivity contribution in [2.24, 2.45) is 5.92 Å². The number of carbonyl (C=O) groups is 1. The Morgan fingerprint density at radius 1 is 1.10 bits per heavy atom. The molecule has 2 aromatic carbocycles. The second-order valence-electron chi connectivity index (χ2n) is 7.08. The molecule has 0 radical (unpaired) electrons. The van der Waals surface area contributed by atoms with E-state index >= 15 is 0 Å². The zero-order valence-corrected chi connectivity index (χ0v) is 16.6. The second kappa shape index (κ2) is 8.06. The van der Waals surface area contributed by atoms with Crippen molar-refractivity contribution in [3.05, 3.63) is 59.7 Å². The summed E-state index contributed by atoms with van der Waals surface area (Å²) in [7, 11) is -3.85. The van der Waals surface area contributed by atoms with Gasteiger partial charge >= 0.3 is 6.18 Å². The van der Waals surface area contributed by atoms with Gasteiger partial charge in [0.05, 0.1) is 16.5 Å². The van der Waals surface area contributed by atoms with E-state index in [1.54, 1.807) is 31.2 Å². The lowest BCUT2D eigenvalue weighted by atomic mass is 9.97. The fraction of sp³-hybridized carbons (Fsp3) is 0.350. The van der Waals surface area contributed by atoms with E-state index < -0.39 is 28.0 Å². The smallest absolute Gasteiger partial charge is 0.338 e. The predicted octanol–water partition coefficient (Wildman–Crippen LogP) is 4.21. The number of alkyl halides is 3. The Balaban J connectivity index is 1.74. The zero-order valence-electron chi connectivity index (χ0n) is 15.7. The van der Waals surface area contributed by atoms with Gasteiger partial charge in [-0.05, 0) is 55.7 Å². The maximum Gasteiger partial charge on any atom is 0.393 e. The molecule has 156 valence electrons. The summed E-state index contributed by atoms with van der Waals surface area (Å²) in [6.07, 6.45) is -4.05. The molecule has 5 nitrogen and oxygen atoms in total.